The first kappa shape index (κ1) is 16.7. The van der Waals surface area contributed by atoms with Gasteiger partial charge in [0.25, 0.3) is 0 Å². The molecule has 3 aromatic rings. The standard InChI is InChI=1S/C23H18N2O3/c26-23(27)14-7-5-13(6-8-14)22-19-11-15-3-1-2-4-17(15)21(19)18-12-16(25-28)9-10-20(18)24-22/h1-10,12,19,21-22,24H,11H2,(H,26,27). The number of fused-ring (bicyclic) bond motifs is 5. The Morgan fingerprint density at radius 1 is 1.00 bits per heavy atom. The lowest BCUT2D eigenvalue weighted by molar-refractivity contribution is 0.0697. The molecule has 0 radical (unpaired) electrons. The smallest absolute Gasteiger partial charge is 0.335 e. The number of benzene rings is 3. The third-order valence-electron chi connectivity index (χ3n) is 6.01. The highest BCUT2D eigenvalue weighted by molar-refractivity contribution is 5.87. The Labute approximate surface area is 162 Å². The number of nitroso groups, excluding NO2 is 1. The summed E-state index contributed by atoms with van der Waals surface area (Å²) in [6, 6.07) is 21.2. The summed E-state index contributed by atoms with van der Waals surface area (Å²) in [6.45, 7) is 0. The van der Waals surface area contributed by atoms with E-state index in [1.807, 2.05) is 24.3 Å². The maximum atomic E-state index is 11.2. The third kappa shape index (κ3) is 2.51. The van der Waals surface area contributed by atoms with Gasteiger partial charge in [-0.1, -0.05) is 36.4 Å². The van der Waals surface area contributed by atoms with Crippen LogP contribution in [0.25, 0.3) is 0 Å². The van der Waals surface area contributed by atoms with Crippen LogP contribution in [-0.4, -0.2) is 11.1 Å². The second-order valence-electron chi connectivity index (χ2n) is 7.46. The summed E-state index contributed by atoms with van der Waals surface area (Å²) >= 11 is 0. The molecule has 5 heteroatoms. The summed E-state index contributed by atoms with van der Waals surface area (Å²) in [5.74, 6) is -0.464. The number of rotatable bonds is 3. The van der Waals surface area contributed by atoms with Gasteiger partial charge in [-0.05, 0) is 70.1 Å². The van der Waals surface area contributed by atoms with Crippen LogP contribution >= 0.6 is 0 Å². The molecule has 0 saturated heterocycles. The van der Waals surface area contributed by atoms with Crippen LogP contribution in [0.3, 0.4) is 0 Å². The van der Waals surface area contributed by atoms with E-state index in [0.29, 0.717) is 5.69 Å². The molecule has 0 spiro atoms. The molecular formula is C23H18N2O3. The van der Waals surface area contributed by atoms with Gasteiger partial charge in [0.2, 0.25) is 0 Å². The second-order valence-corrected chi connectivity index (χ2v) is 7.46. The molecule has 0 saturated carbocycles. The molecule has 1 heterocycles. The topological polar surface area (TPSA) is 78.8 Å². The summed E-state index contributed by atoms with van der Waals surface area (Å²) in [4.78, 5) is 22.3. The monoisotopic (exact) mass is 370 g/mol. The van der Waals surface area contributed by atoms with Crippen molar-refractivity contribution in [3.05, 3.63) is 99.5 Å². The van der Waals surface area contributed by atoms with Crippen molar-refractivity contribution >= 4 is 17.3 Å². The summed E-state index contributed by atoms with van der Waals surface area (Å²) in [6.07, 6.45) is 0.928. The van der Waals surface area contributed by atoms with Crippen LogP contribution in [0.4, 0.5) is 11.4 Å². The van der Waals surface area contributed by atoms with Gasteiger partial charge in [-0.25, -0.2) is 4.79 Å². The molecule has 0 bridgehead atoms. The predicted molar refractivity (Wildman–Crippen MR) is 107 cm³/mol. The zero-order valence-corrected chi connectivity index (χ0v) is 15.0. The van der Waals surface area contributed by atoms with Crippen molar-refractivity contribution in [1.82, 2.24) is 0 Å². The van der Waals surface area contributed by atoms with Crippen molar-refractivity contribution in [3.8, 4) is 0 Å². The van der Waals surface area contributed by atoms with Crippen LogP contribution in [0.1, 0.15) is 44.6 Å². The molecule has 0 aromatic heterocycles. The van der Waals surface area contributed by atoms with Crippen molar-refractivity contribution in [3.63, 3.8) is 0 Å². The Morgan fingerprint density at radius 3 is 2.54 bits per heavy atom. The largest absolute Gasteiger partial charge is 0.478 e. The first-order valence-corrected chi connectivity index (χ1v) is 9.30. The molecule has 5 rings (SSSR count). The van der Waals surface area contributed by atoms with Gasteiger partial charge in [0.1, 0.15) is 5.69 Å². The van der Waals surface area contributed by atoms with E-state index in [0.717, 1.165) is 23.2 Å². The molecule has 5 nitrogen and oxygen atoms in total. The fraction of sp³-hybridized carbons (Fsp3) is 0.174. The van der Waals surface area contributed by atoms with Gasteiger partial charge in [0, 0.05) is 11.6 Å². The third-order valence-corrected chi connectivity index (χ3v) is 6.01. The van der Waals surface area contributed by atoms with Gasteiger partial charge in [-0.2, -0.15) is 0 Å². The Balaban J connectivity index is 1.63. The highest BCUT2D eigenvalue weighted by Gasteiger charge is 2.43. The highest BCUT2D eigenvalue weighted by Crippen LogP contribution is 2.54. The van der Waals surface area contributed by atoms with Gasteiger partial charge in [0.15, 0.2) is 0 Å². The molecule has 138 valence electrons. The van der Waals surface area contributed by atoms with Crippen molar-refractivity contribution in [1.29, 1.82) is 0 Å². The average molecular weight is 370 g/mol. The quantitative estimate of drug-likeness (QED) is 0.617. The number of nitrogens with one attached hydrogen (secondary N) is 1. The van der Waals surface area contributed by atoms with E-state index in [-0.39, 0.29) is 23.4 Å². The number of anilines is 1. The molecule has 3 unspecified atom stereocenters. The van der Waals surface area contributed by atoms with Crippen LogP contribution in [0, 0.1) is 10.8 Å². The van der Waals surface area contributed by atoms with E-state index in [2.05, 4.69) is 34.8 Å². The van der Waals surface area contributed by atoms with Crippen molar-refractivity contribution < 1.29 is 9.90 Å². The molecule has 2 aliphatic rings. The molecular weight excluding hydrogens is 352 g/mol. The lowest BCUT2D eigenvalue weighted by Gasteiger charge is -2.38. The van der Waals surface area contributed by atoms with Crippen LogP contribution < -0.4 is 5.32 Å². The van der Waals surface area contributed by atoms with E-state index >= 15 is 0 Å². The Morgan fingerprint density at radius 2 is 1.79 bits per heavy atom. The fourth-order valence-corrected chi connectivity index (χ4v) is 4.77. The highest BCUT2D eigenvalue weighted by atomic mass is 16.4. The molecule has 0 amide bonds. The second kappa shape index (κ2) is 6.30. The van der Waals surface area contributed by atoms with Gasteiger partial charge >= 0.3 is 5.97 Å². The molecule has 28 heavy (non-hydrogen) atoms. The summed E-state index contributed by atoms with van der Waals surface area (Å²) in [5, 5.41) is 15.9. The van der Waals surface area contributed by atoms with E-state index < -0.39 is 5.97 Å². The number of aromatic carboxylic acids is 1. The average Bonchev–Trinajstić information content (AvgIpc) is 3.12. The number of hydrogen-bond acceptors (Lipinski definition) is 4. The molecule has 0 fully saturated rings. The van der Waals surface area contributed by atoms with Crippen LogP contribution in [0.2, 0.25) is 0 Å². The molecule has 3 aromatic carbocycles. The van der Waals surface area contributed by atoms with Gasteiger partial charge in [-0.3, -0.25) is 0 Å². The Hall–Kier alpha value is -3.47. The fourth-order valence-electron chi connectivity index (χ4n) is 4.77. The number of hydrogen-bond donors (Lipinski definition) is 2. The number of nitrogens with zero attached hydrogens (tertiary/aromatic N) is 1. The summed E-state index contributed by atoms with van der Waals surface area (Å²) in [5.41, 5.74) is 6.51. The summed E-state index contributed by atoms with van der Waals surface area (Å²) < 4.78 is 0. The van der Waals surface area contributed by atoms with E-state index in [4.69, 9.17) is 0 Å². The maximum Gasteiger partial charge on any atom is 0.335 e. The van der Waals surface area contributed by atoms with Crippen molar-refractivity contribution in [2.24, 2.45) is 11.1 Å². The maximum absolute atomic E-state index is 11.2. The van der Waals surface area contributed by atoms with Crippen molar-refractivity contribution in [2.45, 2.75) is 18.4 Å². The molecule has 2 N–H and O–H groups in total. The Bertz CT molecular complexity index is 1090. The SMILES string of the molecule is O=Nc1ccc2c(c1)C1c3ccccc3CC1C(c1ccc(C(=O)O)cc1)N2. The zero-order valence-electron chi connectivity index (χ0n) is 15.0. The first-order valence-electron chi connectivity index (χ1n) is 9.30. The molecule has 1 aliphatic carbocycles. The zero-order chi connectivity index (χ0) is 19.3. The minimum atomic E-state index is -0.923. The molecule has 1 aliphatic heterocycles. The van der Waals surface area contributed by atoms with Gasteiger partial charge < -0.3 is 10.4 Å². The predicted octanol–water partition coefficient (Wildman–Crippen LogP) is 5.25. The normalized spacial score (nSPS) is 21.8. The van der Waals surface area contributed by atoms with Crippen LogP contribution in [0.15, 0.2) is 71.9 Å². The number of carbonyl (C=O) groups is 1. The molecule has 3 atom stereocenters. The Kier molecular flexibility index (Phi) is 3.76. The summed E-state index contributed by atoms with van der Waals surface area (Å²) in [7, 11) is 0. The lowest BCUT2D eigenvalue weighted by atomic mass is 9.75. The number of carboxylic acids is 1. The van der Waals surface area contributed by atoms with E-state index in [9.17, 15) is 14.8 Å². The lowest BCUT2D eigenvalue weighted by Crippen LogP contribution is -2.30. The minimum absolute atomic E-state index is 0.0581. The van der Waals surface area contributed by atoms with Gasteiger partial charge in [-0.15, -0.1) is 4.91 Å². The van der Waals surface area contributed by atoms with E-state index in [1.54, 1.807) is 18.2 Å². The minimum Gasteiger partial charge on any atom is -0.478 e. The van der Waals surface area contributed by atoms with Crippen LogP contribution in [0.5, 0.6) is 0 Å². The first-order chi connectivity index (χ1) is 13.7. The number of carboxylic acid groups (broad SMARTS) is 1. The van der Waals surface area contributed by atoms with Crippen LogP contribution in [-0.2, 0) is 6.42 Å². The van der Waals surface area contributed by atoms with Gasteiger partial charge in [0.05, 0.1) is 11.6 Å². The van der Waals surface area contributed by atoms with Crippen molar-refractivity contribution in [2.75, 3.05) is 5.32 Å². The van der Waals surface area contributed by atoms with E-state index in [1.165, 1.54) is 11.1 Å².